The van der Waals surface area contributed by atoms with Gasteiger partial charge >= 0.3 is 6.03 Å². The van der Waals surface area contributed by atoms with Crippen molar-refractivity contribution in [2.75, 3.05) is 13.7 Å². The Labute approximate surface area is 110 Å². The van der Waals surface area contributed by atoms with E-state index in [-0.39, 0.29) is 18.1 Å². The van der Waals surface area contributed by atoms with Crippen LogP contribution in [0.2, 0.25) is 0 Å². The molecule has 2 rings (SSSR count). The average Bonchev–Trinajstić information content (AvgIpc) is 2.66. The van der Waals surface area contributed by atoms with Crippen molar-refractivity contribution >= 4 is 11.9 Å². The van der Waals surface area contributed by atoms with Gasteiger partial charge < -0.3 is 15.6 Å². The molecular formula is C13H13N3O3. The number of aromatic hydroxyl groups is 1. The topological polar surface area (TPSA) is 88.2 Å². The van der Waals surface area contributed by atoms with Gasteiger partial charge in [0.05, 0.1) is 13.7 Å². The van der Waals surface area contributed by atoms with Gasteiger partial charge in [0.2, 0.25) is 0 Å². The summed E-state index contributed by atoms with van der Waals surface area (Å²) >= 11 is 0. The van der Waals surface area contributed by atoms with Gasteiger partial charge in [0.1, 0.15) is 11.9 Å². The van der Waals surface area contributed by atoms with E-state index in [1.165, 1.54) is 18.1 Å². The Hall–Kier alpha value is -2.68. The Morgan fingerprint density at radius 3 is 3.00 bits per heavy atom. The third-order valence-electron chi connectivity index (χ3n) is 2.84. The first-order chi connectivity index (χ1) is 9.08. The van der Waals surface area contributed by atoms with Crippen molar-refractivity contribution in [1.82, 2.24) is 4.90 Å². The number of urea groups is 1. The predicted molar refractivity (Wildman–Crippen MR) is 70.0 cm³/mol. The van der Waals surface area contributed by atoms with E-state index in [0.29, 0.717) is 11.3 Å². The zero-order chi connectivity index (χ0) is 14.0. The zero-order valence-electron chi connectivity index (χ0n) is 10.3. The molecule has 1 heterocycles. The molecule has 0 aromatic heterocycles. The smallest absolute Gasteiger partial charge is 0.346 e. The number of carbonyl (C=O) groups is 1. The number of nitrogens with two attached hydrogens (primary N) is 1. The summed E-state index contributed by atoms with van der Waals surface area (Å²) in [4.78, 5) is 16.7. The van der Waals surface area contributed by atoms with E-state index >= 15 is 0 Å². The van der Waals surface area contributed by atoms with Crippen LogP contribution in [0.3, 0.4) is 0 Å². The molecule has 0 fully saturated rings. The van der Waals surface area contributed by atoms with Crippen molar-refractivity contribution in [2.24, 2.45) is 10.7 Å². The third-order valence-corrected chi connectivity index (χ3v) is 2.84. The molecule has 0 aliphatic carbocycles. The van der Waals surface area contributed by atoms with Gasteiger partial charge in [0.15, 0.2) is 11.5 Å². The summed E-state index contributed by atoms with van der Waals surface area (Å²) in [5.41, 5.74) is 6.45. The molecule has 6 nitrogen and oxygen atoms in total. The second-order valence-electron chi connectivity index (χ2n) is 3.99. The fourth-order valence-electron chi connectivity index (χ4n) is 1.98. The number of hydrogen-bond donors (Lipinski definition) is 2. The van der Waals surface area contributed by atoms with E-state index in [1.807, 2.05) is 0 Å². The molecule has 1 aliphatic heterocycles. The van der Waals surface area contributed by atoms with Crippen LogP contribution in [0.15, 0.2) is 23.2 Å². The van der Waals surface area contributed by atoms with Crippen molar-refractivity contribution in [3.63, 3.8) is 0 Å². The molecule has 0 radical (unpaired) electrons. The Kier molecular flexibility index (Phi) is 3.29. The molecule has 1 aromatic carbocycles. The summed E-state index contributed by atoms with van der Waals surface area (Å²) in [6, 6.07) is 3.72. The molecule has 3 N–H and O–H groups in total. The minimum absolute atomic E-state index is 0.00887. The number of rotatable bonds is 3. The molecule has 98 valence electrons. The highest BCUT2D eigenvalue weighted by atomic mass is 16.5. The number of carbonyl (C=O) groups excluding carboxylic acids is 1. The predicted octanol–water partition coefficient (Wildman–Crippen LogP) is 0.868. The first-order valence-electron chi connectivity index (χ1n) is 5.53. The highest BCUT2D eigenvalue weighted by Crippen LogP contribution is 2.33. The van der Waals surface area contributed by atoms with E-state index in [9.17, 15) is 9.90 Å². The summed E-state index contributed by atoms with van der Waals surface area (Å²) in [6.07, 6.45) is 5.24. The second kappa shape index (κ2) is 4.90. The van der Waals surface area contributed by atoms with E-state index in [1.54, 1.807) is 12.1 Å². The number of amidine groups is 1. The molecule has 1 aliphatic rings. The molecule has 1 unspecified atom stereocenters. The second-order valence-corrected chi connectivity index (χ2v) is 3.99. The summed E-state index contributed by atoms with van der Waals surface area (Å²) in [5, 5.41) is 9.57. The third kappa shape index (κ3) is 2.18. The normalized spacial score (nSPS) is 18.1. The molecule has 0 saturated heterocycles. The summed E-state index contributed by atoms with van der Waals surface area (Å²) < 4.78 is 5.03. The zero-order valence-corrected chi connectivity index (χ0v) is 10.3. The lowest BCUT2D eigenvalue weighted by atomic mass is 10.0. The minimum atomic E-state index is -0.530. The van der Waals surface area contributed by atoms with Gasteiger partial charge in [0, 0.05) is 0 Å². The Bertz CT molecular complexity index is 589. The molecule has 6 heteroatoms. The summed E-state index contributed by atoms with van der Waals surface area (Å²) in [6.45, 7) is 0.108. The lowest BCUT2D eigenvalue weighted by molar-refractivity contribution is 0.213. The summed E-state index contributed by atoms with van der Waals surface area (Å²) in [5.74, 6) is 2.88. The number of hydrogen-bond acceptors (Lipinski definition) is 4. The largest absolute Gasteiger partial charge is 0.504 e. The van der Waals surface area contributed by atoms with Crippen LogP contribution in [0, 0.1) is 12.3 Å². The molecule has 19 heavy (non-hydrogen) atoms. The van der Waals surface area contributed by atoms with Crippen molar-refractivity contribution in [2.45, 2.75) is 6.04 Å². The highest BCUT2D eigenvalue weighted by molar-refractivity contribution is 6.03. The van der Waals surface area contributed by atoms with Crippen molar-refractivity contribution in [1.29, 1.82) is 0 Å². The average molecular weight is 259 g/mol. The first kappa shape index (κ1) is 12.8. The van der Waals surface area contributed by atoms with E-state index in [4.69, 9.17) is 16.9 Å². The quantitative estimate of drug-likeness (QED) is 0.788. The maximum Gasteiger partial charge on any atom is 0.346 e. The van der Waals surface area contributed by atoms with Gasteiger partial charge in [-0.2, -0.15) is 4.99 Å². The number of nitrogens with zero attached hydrogens (tertiary/aromatic N) is 2. The molecule has 0 bridgehead atoms. The van der Waals surface area contributed by atoms with Crippen LogP contribution < -0.4 is 10.5 Å². The van der Waals surface area contributed by atoms with Crippen LogP contribution in [0.5, 0.6) is 11.5 Å². The monoisotopic (exact) mass is 259 g/mol. The molecule has 1 atom stereocenters. The van der Waals surface area contributed by atoms with Crippen LogP contribution in [-0.2, 0) is 0 Å². The number of phenolic OH excluding ortho intramolecular Hbond substituents is 1. The van der Waals surface area contributed by atoms with Gasteiger partial charge in [0.25, 0.3) is 0 Å². The molecule has 2 amide bonds. The van der Waals surface area contributed by atoms with Crippen molar-refractivity contribution in [3.8, 4) is 23.8 Å². The van der Waals surface area contributed by atoms with Crippen LogP contribution in [-0.4, -0.2) is 35.5 Å². The van der Waals surface area contributed by atoms with Gasteiger partial charge in [-0.1, -0.05) is 12.0 Å². The minimum Gasteiger partial charge on any atom is -0.504 e. The van der Waals surface area contributed by atoms with Gasteiger partial charge in [-0.3, -0.25) is 4.90 Å². The Morgan fingerprint density at radius 2 is 2.37 bits per heavy atom. The van der Waals surface area contributed by atoms with Gasteiger partial charge in [-0.25, -0.2) is 4.79 Å². The van der Waals surface area contributed by atoms with Crippen molar-refractivity contribution in [3.05, 3.63) is 23.8 Å². The first-order valence-corrected chi connectivity index (χ1v) is 5.53. The van der Waals surface area contributed by atoms with E-state index in [0.717, 1.165) is 0 Å². The van der Waals surface area contributed by atoms with Crippen molar-refractivity contribution < 1.29 is 14.6 Å². The lowest BCUT2D eigenvalue weighted by Gasteiger charge is -2.22. The van der Waals surface area contributed by atoms with Gasteiger partial charge in [-0.15, -0.1) is 6.42 Å². The molecule has 0 saturated carbocycles. The maximum atomic E-state index is 11.7. The number of phenols is 1. The fraction of sp³-hybridized carbons (Fsp3) is 0.231. The van der Waals surface area contributed by atoms with Crippen LogP contribution in [0.1, 0.15) is 11.6 Å². The van der Waals surface area contributed by atoms with Crippen LogP contribution >= 0.6 is 0 Å². The maximum absolute atomic E-state index is 11.7. The number of aliphatic imine (C=N–C) groups is 1. The van der Waals surface area contributed by atoms with E-state index < -0.39 is 12.1 Å². The fourth-order valence-corrected chi connectivity index (χ4v) is 1.98. The highest BCUT2D eigenvalue weighted by Gasteiger charge is 2.34. The number of terminal acetylenes is 1. The molecule has 1 aromatic rings. The molecular weight excluding hydrogens is 246 g/mol. The standard InChI is InChI=1S/C13H13N3O3/c1-3-6-16-11(12(14)15-13(16)18)8-4-5-9(17)10(7-8)19-2/h1,4-5,7,11,17H,6H2,2H3,(H2,14,15,18). The molecule has 0 spiro atoms. The lowest BCUT2D eigenvalue weighted by Crippen LogP contribution is -2.33. The summed E-state index contributed by atoms with van der Waals surface area (Å²) in [7, 11) is 1.44. The van der Waals surface area contributed by atoms with Crippen LogP contribution in [0.4, 0.5) is 4.79 Å². The number of benzene rings is 1. The van der Waals surface area contributed by atoms with Gasteiger partial charge in [-0.05, 0) is 17.7 Å². The Morgan fingerprint density at radius 1 is 1.63 bits per heavy atom. The number of ether oxygens (including phenoxy) is 1. The number of amides is 2. The van der Waals surface area contributed by atoms with E-state index in [2.05, 4.69) is 10.9 Å². The number of methoxy groups -OCH3 is 1. The SMILES string of the molecule is C#CCN1C(=O)N=C(N)C1c1ccc(O)c(OC)c1. The Balaban J connectivity index is 2.42. The van der Waals surface area contributed by atoms with Crippen LogP contribution in [0.25, 0.3) is 0 Å².